The topological polar surface area (TPSA) is 29.5 Å². The second kappa shape index (κ2) is 6.93. The van der Waals surface area contributed by atoms with Gasteiger partial charge in [0.15, 0.2) is 0 Å². The normalized spacial score (nSPS) is 18.0. The molecule has 0 aromatic heterocycles. The van der Waals surface area contributed by atoms with E-state index in [4.69, 9.17) is 11.2 Å². The van der Waals surface area contributed by atoms with E-state index in [0.29, 0.717) is 13.0 Å². The maximum atomic E-state index is 14.3. The Kier molecular flexibility index (Phi) is 5.19. The highest BCUT2D eigenvalue weighted by molar-refractivity contribution is 9.10. The SMILES string of the molecule is C#CCOc1cc(F)c(C2=CCC(Br)C(=O)N2CC)c(F)c1. The van der Waals surface area contributed by atoms with Crippen molar-refractivity contribution in [2.45, 2.75) is 18.2 Å². The number of ether oxygens (including phenoxy) is 1. The third-order valence-electron chi connectivity index (χ3n) is 3.25. The summed E-state index contributed by atoms with van der Waals surface area (Å²) in [6, 6.07) is 2.13. The van der Waals surface area contributed by atoms with Gasteiger partial charge in [0, 0.05) is 18.7 Å². The first kappa shape index (κ1) is 16.5. The standard InChI is InChI=1S/C16H14BrF2NO2/c1-3-7-22-10-8-12(18)15(13(19)9-10)14-6-5-11(17)16(21)20(14)4-2/h1,6,8-9,11H,4-5,7H2,2H3. The lowest BCUT2D eigenvalue weighted by Crippen LogP contribution is -2.38. The molecule has 1 amide bonds. The number of carbonyl (C=O) groups is 1. The maximum Gasteiger partial charge on any atom is 0.241 e. The molecule has 1 atom stereocenters. The van der Waals surface area contributed by atoms with Gasteiger partial charge in [-0.25, -0.2) is 8.78 Å². The van der Waals surface area contributed by atoms with Crippen molar-refractivity contribution in [1.82, 2.24) is 4.90 Å². The Labute approximate surface area is 136 Å². The van der Waals surface area contributed by atoms with Crippen molar-refractivity contribution in [3.8, 4) is 18.1 Å². The van der Waals surface area contributed by atoms with Crippen molar-refractivity contribution in [3.63, 3.8) is 0 Å². The minimum absolute atomic E-state index is 0.0147. The minimum atomic E-state index is -0.794. The Hall–Kier alpha value is -1.87. The van der Waals surface area contributed by atoms with Crippen molar-refractivity contribution >= 4 is 27.5 Å². The van der Waals surface area contributed by atoms with E-state index in [2.05, 4.69) is 21.9 Å². The van der Waals surface area contributed by atoms with Crippen LogP contribution in [0.5, 0.6) is 5.75 Å². The number of halogens is 3. The molecule has 0 spiro atoms. The third kappa shape index (κ3) is 3.14. The molecule has 0 radical (unpaired) electrons. The number of allylic oxidation sites excluding steroid dienone is 1. The highest BCUT2D eigenvalue weighted by Gasteiger charge is 2.31. The zero-order valence-electron chi connectivity index (χ0n) is 11.9. The van der Waals surface area contributed by atoms with Gasteiger partial charge < -0.3 is 9.64 Å². The maximum absolute atomic E-state index is 14.3. The average molecular weight is 370 g/mol. The quantitative estimate of drug-likeness (QED) is 0.601. The molecule has 3 nitrogen and oxygen atoms in total. The zero-order valence-corrected chi connectivity index (χ0v) is 13.5. The van der Waals surface area contributed by atoms with E-state index in [1.807, 2.05) is 0 Å². The van der Waals surface area contributed by atoms with Crippen molar-refractivity contribution in [2.75, 3.05) is 13.2 Å². The van der Waals surface area contributed by atoms with E-state index in [9.17, 15) is 13.6 Å². The van der Waals surface area contributed by atoms with Gasteiger partial charge in [0.25, 0.3) is 0 Å². The van der Waals surface area contributed by atoms with Crippen LogP contribution in [0, 0.1) is 24.0 Å². The number of terminal acetylenes is 1. The van der Waals surface area contributed by atoms with E-state index in [0.717, 1.165) is 12.1 Å². The molecule has 1 aliphatic heterocycles. The Morgan fingerprint density at radius 1 is 1.45 bits per heavy atom. The van der Waals surface area contributed by atoms with Crippen LogP contribution in [0.2, 0.25) is 0 Å². The number of hydrogen-bond donors (Lipinski definition) is 0. The molecule has 1 aromatic carbocycles. The predicted molar refractivity (Wildman–Crippen MR) is 83.4 cm³/mol. The summed E-state index contributed by atoms with van der Waals surface area (Å²) in [5.41, 5.74) is 0.00403. The molecule has 1 heterocycles. The molecule has 1 aliphatic rings. The summed E-state index contributed by atoms with van der Waals surface area (Å²) in [5.74, 6) is 0.434. The fraction of sp³-hybridized carbons (Fsp3) is 0.312. The van der Waals surface area contributed by atoms with Crippen LogP contribution in [0.3, 0.4) is 0 Å². The molecule has 1 unspecified atom stereocenters. The van der Waals surface area contributed by atoms with Crippen LogP contribution < -0.4 is 4.74 Å². The lowest BCUT2D eigenvalue weighted by Gasteiger charge is -2.30. The van der Waals surface area contributed by atoms with Crippen LogP contribution in [0.15, 0.2) is 18.2 Å². The van der Waals surface area contributed by atoms with Crippen molar-refractivity contribution in [1.29, 1.82) is 0 Å². The van der Waals surface area contributed by atoms with Gasteiger partial charge in [0.05, 0.1) is 16.1 Å². The zero-order chi connectivity index (χ0) is 16.3. The van der Waals surface area contributed by atoms with Crippen LogP contribution in [0.4, 0.5) is 8.78 Å². The van der Waals surface area contributed by atoms with E-state index in [-0.39, 0.29) is 34.4 Å². The first-order valence-electron chi connectivity index (χ1n) is 6.70. The van der Waals surface area contributed by atoms with Crippen LogP contribution in [-0.4, -0.2) is 28.8 Å². The van der Waals surface area contributed by atoms with E-state index in [1.165, 1.54) is 4.90 Å². The fourth-order valence-corrected chi connectivity index (χ4v) is 2.71. The average Bonchev–Trinajstić information content (AvgIpc) is 2.48. The van der Waals surface area contributed by atoms with E-state index in [1.54, 1.807) is 13.0 Å². The summed E-state index contributed by atoms with van der Waals surface area (Å²) in [6.45, 7) is 1.99. The number of hydrogen-bond acceptors (Lipinski definition) is 2. The lowest BCUT2D eigenvalue weighted by atomic mass is 10.0. The van der Waals surface area contributed by atoms with Gasteiger partial charge in [-0.15, -0.1) is 6.42 Å². The van der Waals surface area contributed by atoms with Crippen molar-refractivity contribution in [3.05, 3.63) is 35.4 Å². The Morgan fingerprint density at radius 3 is 2.64 bits per heavy atom. The second-order valence-corrected chi connectivity index (χ2v) is 5.74. The van der Waals surface area contributed by atoms with Crippen molar-refractivity contribution in [2.24, 2.45) is 0 Å². The number of rotatable bonds is 4. The number of alkyl halides is 1. The van der Waals surface area contributed by atoms with Gasteiger partial charge in [-0.1, -0.05) is 27.9 Å². The van der Waals surface area contributed by atoms with Crippen molar-refractivity contribution < 1.29 is 18.3 Å². The fourth-order valence-electron chi connectivity index (χ4n) is 2.28. The largest absolute Gasteiger partial charge is 0.481 e. The van der Waals surface area contributed by atoms with Gasteiger partial charge >= 0.3 is 0 Å². The summed E-state index contributed by atoms with van der Waals surface area (Å²) in [6.07, 6.45) is 7.06. The molecule has 0 bridgehead atoms. The summed E-state index contributed by atoms with van der Waals surface area (Å²) in [4.78, 5) is 13.1. The Morgan fingerprint density at radius 2 is 2.09 bits per heavy atom. The number of amides is 1. The van der Waals surface area contributed by atoms with Crippen LogP contribution in [0.1, 0.15) is 18.9 Å². The monoisotopic (exact) mass is 369 g/mol. The third-order valence-corrected chi connectivity index (χ3v) is 4.02. The summed E-state index contributed by atoms with van der Waals surface area (Å²) in [5, 5.41) is 0. The Balaban J connectivity index is 2.44. The number of benzene rings is 1. The van der Waals surface area contributed by atoms with Crippen LogP contribution in [-0.2, 0) is 4.79 Å². The van der Waals surface area contributed by atoms with Gasteiger partial charge in [0.1, 0.15) is 24.0 Å². The van der Waals surface area contributed by atoms with Gasteiger partial charge in [-0.05, 0) is 13.3 Å². The first-order chi connectivity index (χ1) is 10.5. The summed E-state index contributed by atoms with van der Waals surface area (Å²) < 4.78 is 33.6. The number of nitrogens with zero attached hydrogens (tertiary/aromatic N) is 1. The highest BCUT2D eigenvalue weighted by Crippen LogP contribution is 2.33. The van der Waals surface area contributed by atoms with E-state index < -0.39 is 11.6 Å². The molecule has 22 heavy (non-hydrogen) atoms. The van der Waals surface area contributed by atoms with Crippen LogP contribution >= 0.6 is 15.9 Å². The molecular formula is C16H14BrF2NO2. The molecular weight excluding hydrogens is 356 g/mol. The van der Waals surface area contributed by atoms with Crippen LogP contribution in [0.25, 0.3) is 5.70 Å². The molecule has 1 aromatic rings. The van der Waals surface area contributed by atoms with Gasteiger partial charge in [-0.3, -0.25) is 4.79 Å². The van der Waals surface area contributed by atoms with Gasteiger partial charge in [-0.2, -0.15) is 0 Å². The molecule has 0 fully saturated rings. The second-order valence-electron chi connectivity index (χ2n) is 4.63. The van der Waals surface area contributed by atoms with Gasteiger partial charge in [0.2, 0.25) is 5.91 Å². The molecule has 0 aliphatic carbocycles. The summed E-state index contributed by atoms with van der Waals surface area (Å²) >= 11 is 3.25. The molecule has 0 N–H and O–H groups in total. The molecule has 116 valence electrons. The highest BCUT2D eigenvalue weighted by atomic mass is 79.9. The number of carbonyl (C=O) groups excluding carboxylic acids is 1. The lowest BCUT2D eigenvalue weighted by molar-refractivity contribution is -0.127. The molecule has 0 saturated carbocycles. The summed E-state index contributed by atoms with van der Waals surface area (Å²) in [7, 11) is 0. The Bertz CT molecular complexity index is 644. The minimum Gasteiger partial charge on any atom is -0.481 e. The first-order valence-corrected chi connectivity index (χ1v) is 7.62. The molecule has 0 saturated heterocycles. The molecule has 2 rings (SSSR count). The van der Waals surface area contributed by atoms with E-state index >= 15 is 0 Å². The predicted octanol–water partition coefficient (Wildman–Crippen LogP) is 3.33. The molecule has 6 heteroatoms. The smallest absolute Gasteiger partial charge is 0.241 e.